The molecule has 2 aromatic rings. The number of fused-ring (bicyclic) bond motifs is 1. The van der Waals surface area contributed by atoms with Gasteiger partial charge in [0.05, 0.1) is 20.6 Å². The van der Waals surface area contributed by atoms with Crippen molar-refractivity contribution in [2.75, 3.05) is 11.4 Å². The summed E-state index contributed by atoms with van der Waals surface area (Å²) in [7, 11) is 0. The minimum Gasteiger partial charge on any atom is -0.366 e. The summed E-state index contributed by atoms with van der Waals surface area (Å²) in [6.45, 7) is 12.4. The molecule has 1 fully saturated rings. The highest BCUT2D eigenvalue weighted by molar-refractivity contribution is 8.18. The maximum atomic E-state index is 12.7. The monoisotopic (exact) mass is 501 g/mol. The van der Waals surface area contributed by atoms with Crippen LogP contribution in [0.1, 0.15) is 63.1 Å². The van der Waals surface area contributed by atoms with Crippen molar-refractivity contribution in [3.05, 3.63) is 62.0 Å². The van der Waals surface area contributed by atoms with Gasteiger partial charge >= 0.3 is 0 Å². The molecular formula is C26H29Cl2N3OS. The first-order valence-electron chi connectivity index (χ1n) is 11.3. The number of nitrogens with zero attached hydrogens (tertiary/aromatic N) is 2. The van der Waals surface area contributed by atoms with Crippen molar-refractivity contribution in [1.29, 1.82) is 0 Å². The Kier molecular flexibility index (Phi) is 6.86. The van der Waals surface area contributed by atoms with Crippen LogP contribution >= 0.6 is 35.0 Å². The molecule has 2 aliphatic heterocycles. The molecule has 0 radical (unpaired) electrons. The second-order valence-electron chi connectivity index (χ2n) is 9.42. The van der Waals surface area contributed by atoms with E-state index < -0.39 is 0 Å². The Morgan fingerprint density at radius 1 is 1.24 bits per heavy atom. The number of amidine groups is 1. The van der Waals surface area contributed by atoms with Crippen molar-refractivity contribution in [3.63, 3.8) is 0 Å². The van der Waals surface area contributed by atoms with E-state index in [1.165, 1.54) is 23.0 Å². The average Bonchev–Trinajstić information content (AvgIpc) is 3.07. The molecular weight excluding hydrogens is 473 g/mol. The molecule has 0 spiro atoms. The minimum atomic E-state index is -0.141. The van der Waals surface area contributed by atoms with E-state index >= 15 is 0 Å². The number of nitrogens with one attached hydrogen (secondary N) is 1. The second-order valence-corrected chi connectivity index (χ2v) is 11.3. The smallest absolute Gasteiger partial charge is 0.264 e. The summed E-state index contributed by atoms with van der Waals surface area (Å²) in [6.07, 6.45) is 4.19. The van der Waals surface area contributed by atoms with Crippen molar-refractivity contribution in [2.24, 2.45) is 4.99 Å². The van der Waals surface area contributed by atoms with E-state index in [1.807, 2.05) is 6.08 Å². The average molecular weight is 503 g/mol. The fraction of sp³-hybridized carbons (Fsp3) is 0.385. The summed E-state index contributed by atoms with van der Waals surface area (Å²) in [6, 6.07) is 9.71. The molecule has 4 nitrogen and oxygen atoms in total. The van der Waals surface area contributed by atoms with Crippen LogP contribution < -0.4 is 10.2 Å². The summed E-state index contributed by atoms with van der Waals surface area (Å²) in [5.74, 6) is 0.315. The van der Waals surface area contributed by atoms with E-state index in [4.69, 9.17) is 23.2 Å². The van der Waals surface area contributed by atoms with Crippen molar-refractivity contribution in [1.82, 2.24) is 5.32 Å². The number of hydrogen-bond donors (Lipinski definition) is 1. The molecule has 0 aliphatic carbocycles. The van der Waals surface area contributed by atoms with E-state index in [1.54, 1.807) is 18.2 Å². The fourth-order valence-corrected chi connectivity index (χ4v) is 5.87. The van der Waals surface area contributed by atoms with Crippen LogP contribution in [0.4, 0.5) is 11.4 Å². The van der Waals surface area contributed by atoms with Gasteiger partial charge in [-0.25, -0.2) is 4.99 Å². The maximum Gasteiger partial charge on any atom is 0.264 e. The Balaban J connectivity index is 1.66. The molecule has 2 aromatic carbocycles. The first-order chi connectivity index (χ1) is 15.6. The third-order valence-corrected chi connectivity index (χ3v) is 7.94. The molecule has 2 heterocycles. The molecule has 7 heteroatoms. The predicted octanol–water partition coefficient (Wildman–Crippen LogP) is 7.70. The van der Waals surface area contributed by atoms with Crippen molar-refractivity contribution >= 4 is 63.5 Å². The highest BCUT2D eigenvalue weighted by Crippen LogP contribution is 2.45. The van der Waals surface area contributed by atoms with Gasteiger partial charge < -0.3 is 10.2 Å². The minimum absolute atomic E-state index is 0.131. The number of benzene rings is 2. The Morgan fingerprint density at radius 2 is 2.00 bits per heavy atom. The standard InChI is InChI=1S/C26H29Cl2N3OS/c1-6-9-31-22-10-15(2)17(11-19(22)16(3)14-26(31,4)5)12-23-24(32)30-25(33-23)29-18-7-8-20(27)21(28)13-18/h7-8,10-13,16H,6,9,14H2,1-5H3,(H,29,30,32)/b23-12+. The normalized spacial score (nSPS) is 22.1. The van der Waals surface area contributed by atoms with Crippen molar-refractivity contribution in [3.8, 4) is 0 Å². The number of hydrogen-bond acceptors (Lipinski definition) is 4. The van der Waals surface area contributed by atoms with E-state index in [2.05, 4.69) is 62.0 Å². The van der Waals surface area contributed by atoms with Crippen LogP contribution in [0, 0.1) is 6.92 Å². The van der Waals surface area contributed by atoms with Gasteiger partial charge in [-0.3, -0.25) is 4.79 Å². The number of carbonyl (C=O) groups is 1. The molecule has 33 heavy (non-hydrogen) atoms. The topological polar surface area (TPSA) is 44.7 Å². The van der Waals surface area contributed by atoms with E-state index in [-0.39, 0.29) is 11.4 Å². The molecule has 4 rings (SSSR count). The Bertz CT molecular complexity index is 1170. The van der Waals surface area contributed by atoms with E-state index in [9.17, 15) is 4.79 Å². The van der Waals surface area contributed by atoms with Gasteiger partial charge in [-0.15, -0.1) is 0 Å². The lowest BCUT2D eigenvalue weighted by Crippen LogP contribution is -2.48. The second kappa shape index (κ2) is 9.36. The molecule has 1 N–H and O–H groups in total. The van der Waals surface area contributed by atoms with Gasteiger partial charge in [0.25, 0.3) is 5.91 Å². The number of aryl methyl sites for hydroxylation is 1. The third-order valence-electron chi connectivity index (χ3n) is 6.29. The molecule has 0 saturated carbocycles. The molecule has 0 bridgehead atoms. The third kappa shape index (κ3) is 4.96. The van der Waals surface area contributed by atoms with Gasteiger partial charge in [-0.2, -0.15) is 0 Å². The Hall–Kier alpha value is -1.95. The van der Waals surface area contributed by atoms with E-state index in [0.717, 1.165) is 30.5 Å². The largest absolute Gasteiger partial charge is 0.366 e. The summed E-state index contributed by atoms with van der Waals surface area (Å²) < 4.78 is 0. The zero-order valence-electron chi connectivity index (χ0n) is 19.6. The van der Waals surface area contributed by atoms with Gasteiger partial charge in [0.15, 0.2) is 5.17 Å². The van der Waals surface area contributed by atoms with Crippen LogP contribution in [0.2, 0.25) is 10.0 Å². The summed E-state index contributed by atoms with van der Waals surface area (Å²) >= 11 is 13.4. The fourth-order valence-electron chi connectivity index (χ4n) is 4.75. The highest BCUT2D eigenvalue weighted by Gasteiger charge is 2.36. The van der Waals surface area contributed by atoms with Crippen LogP contribution in [0.5, 0.6) is 0 Å². The maximum absolute atomic E-state index is 12.7. The SMILES string of the molecule is CCCN1c2cc(C)c(/C=C3/SC(=Nc4ccc(Cl)c(Cl)c4)NC3=O)cc2C(C)CC1(C)C. The molecule has 1 saturated heterocycles. The first kappa shape index (κ1) is 24.2. The quantitative estimate of drug-likeness (QED) is 0.436. The van der Waals surface area contributed by atoms with Crippen molar-refractivity contribution < 1.29 is 4.79 Å². The number of halogens is 2. The van der Waals surface area contributed by atoms with Crippen molar-refractivity contribution in [2.45, 2.75) is 58.9 Å². The zero-order valence-corrected chi connectivity index (χ0v) is 22.0. The summed E-state index contributed by atoms with van der Waals surface area (Å²) in [4.78, 5) is 20.3. The Labute approximate surface area is 210 Å². The van der Waals surface area contributed by atoms with Crippen LogP contribution in [-0.2, 0) is 4.79 Å². The van der Waals surface area contributed by atoms with Gasteiger partial charge in [0, 0.05) is 17.8 Å². The number of thioether (sulfide) groups is 1. The van der Waals surface area contributed by atoms with Crippen LogP contribution in [0.25, 0.3) is 6.08 Å². The number of rotatable bonds is 4. The molecule has 174 valence electrons. The lowest BCUT2D eigenvalue weighted by molar-refractivity contribution is -0.115. The highest BCUT2D eigenvalue weighted by atomic mass is 35.5. The van der Waals surface area contributed by atoms with Gasteiger partial charge in [0.2, 0.25) is 0 Å². The van der Waals surface area contributed by atoms with Gasteiger partial charge in [-0.05, 0) is 104 Å². The number of amides is 1. The summed E-state index contributed by atoms with van der Waals surface area (Å²) in [5, 5.41) is 4.29. The lowest BCUT2D eigenvalue weighted by Gasteiger charge is -2.48. The molecule has 1 amide bonds. The molecule has 2 aliphatic rings. The zero-order chi connectivity index (χ0) is 23.9. The van der Waals surface area contributed by atoms with E-state index in [0.29, 0.717) is 31.7 Å². The predicted molar refractivity (Wildman–Crippen MR) is 143 cm³/mol. The summed E-state index contributed by atoms with van der Waals surface area (Å²) in [5.41, 5.74) is 5.69. The van der Waals surface area contributed by atoms with Gasteiger partial charge in [-0.1, -0.05) is 37.0 Å². The number of carbonyl (C=O) groups excluding carboxylic acids is 1. The van der Waals surface area contributed by atoms with Crippen LogP contribution in [0.3, 0.4) is 0 Å². The first-order valence-corrected chi connectivity index (χ1v) is 12.8. The number of aliphatic imine (C=N–C) groups is 1. The lowest BCUT2D eigenvalue weighted by atomic mass is 9.79. The van der Waals surface area contributed by atoms with Crippen LogP contribution in [0.15, 0.2) is 40.2 Å². The molecule has 1 unspecified atom stereocenters. The number of anilines is 1. The molecule has 1 atom stereocenters. The molecule has 0 aromatic heterocycles. The van der Waals surface area contributed by atoms with Crippen LogP contribution in [-0.4, -0.2) is 23.2 Å². The Morgan fingerprint density at radius 3 is 2.70 bits per heavy atom. The van der Waals surface area contributed by atoms with Gasteiger partial charge in [0.1, 0.15) is 0 Å².